The molecular weight excluding hydrogens is 304 g/mol. The summed E-state index contributed by atoms with van der Waals surface area (Å²) < 4.78 is 0. The maximum absolute atomic E-state index is 11.3. The van der Waals surface area contributed by atoms with Gasteiger partial charge in [-0.2, -0.15) is 5.01 Å². The van der Waals surface area contributed by atoms with Crippen molar-refractivity contribution in [2.24, 2.45) is 5.29 Å². The molecule has 0 atom stereocenters. The zero-order valence-electron chi connectivity index (χ0n) is 12.3. The van der Waals surface area contributed by atoms with Crippen LogP contribution in [0.25, 0.3) is 0 Å². The molecule has 23 heavy (non-hydrogen) atoms. The monoisotopic (exact) mass is 316 g/mol. The van der Waals surface area contributed by atoms with Gasteiger partial charge in [0, 0.05) is 12.1 Å². The number of hydrogen-bond donors (Lipinski definition) is 0. The van der Waals surface area contributed by atoms with Crippen LogP contribution in [0.2, 0.25) is 0 Å². The zero-order valence-corrected chi connectivity index (χ0v) is 12.3. The summed E-state index contributed by atoms with van der Waals surface area (Å²) in [5.74, 6) is 0. The van der Waals surface area contributed by atoms with Gasteiger partial charge < -0.3 is 0 Å². The van der Waals surface area contributed by atoms with Crippen LogP contribution in [0.3, 0.4) is 0 Å². The Morgan fingerprint density at radius 2 is 1.26 bits per heavy atom. The molecule has 2 rings (SSSR count). The highest BCUT2D eigenvalue weighted by molar-refractivity contribution is 5.77. The van der Waals surface area contributed by atoms with Gasteiger partial charge in [-0.3, -0.25) is 20.2 Å². The Morgan fingerprint density at radius 3 is 1.57 bits per heavy atom. The molecule has 0 radical (unpaired) electrons. The Labute approximate surface area is 130 Å². The van der Waals surface area contributed by atoms with Crippen molar-refractivity contribution in [3.8, 4) is 0 Å². The summed E-state index contributed by atoms with van der Waals surface area (Å²) in [4.78, 5) is 32.3. The lowest BCUT2D eigenvalue weighted by Gasteiger charge is -2.16. The fourth-order valence-electron chi connectivity index (χ4n) is 2.14. The maximum Gasteiger partial charge on any atom is 0.295 e. The Kier molecular flexibility index (Phi) is 4.30. The summed E-state index contributed by atoms with van der Waals surface area (Å²) >= 11 is 0. The fraction of sp³-hybridized carbons (Fsp3) is 0.143. The molecule has 0 amide bonds. The predicted octanol–water partition coefficient (Wildman–Crippen LogP) is 3.94. The molecule has 0 aliphatic rings. The van der Waals surface area contributed by atoms with Gasteiger partial charge in [0.25, 0.3) is 11.4 Å². The first-order chi connectivity index (χ1) is 10.8. The highest BCUT2D eigenvalue weighted by Crippen LogP contribution is 2.39. The van der Waals surface area contributed by atoms with Crippen LogP contribution < -0.4 is 5.01 Å². The third-order valence-electron chi connectivity index (χ3n) is 3.19. The minimum Gasteiger partial charge on any atom is -0.258 e. The minimum absolute atomic E-state index is 0.137. The predicted molar refractivity (Wildman–Crippen MR) is 83.6 cm³/mol. The molecule has 0 aromatic heterocycles. The summed E-state index contributed by atoms with van der Waals surface area (Å²) in [7, 11) is 0. The molecule has 9 heteroatoms. The maximum atomic E-state index is 11.3. The lowest BCUT2D eigenvalue weighted by molar-refractivity contribution is -0.384. The van der Waals surface area contributed by atoms with Crippen molar-refractivity contribution in [3.05, 3.63) is 72.7 Å². The zero-order chi connectivity index (χ0) is 17.1. The van der Waals surface area contributed by atoms with E-state index in [9.17, 15) is 25.1 Å². The van der Waals surface area contributed by atoms with Crippen LogP contribution in [0.1, 0.15) is 11.1 Å². The lowest BCUT2D eigenvalue weighted by atomic mass is 10.1. The second-order valence-electron chi connectivity index (χ2n) is 4.89. The molecule has 0 bridgehead atoms. The van der Waals surface area contributed by atoms with Crippen LogP contribution >= 0.6 is 0 Å². The second kappa shape index (κ2) is 6.18. The molecule has 0 aliphatic heterocycles. The van der Waals surface area contributed by atoms with E-state index in [-0.39, 0.29) is 22.7 Å². The van der Waals surface area contributed by atoms with Gasteiger partial charge in [-0.25, -0.2) is 0 Å². The molecule has 0 unspecified atom stereocenters. The van der Waals surface area contributed by atoms with Gasteiger partial charge in [-0.15, -0.1) is 4.91 Å². The van der Waals surface area contributed by atoms with Crippen molar-refractivity contribution in [1.82, 2.24) is 0 Å². The minimum atomic E-state index is -0.666. The van der Waals surface area contributed by atoms with Crippen LogP contribution in [0, 0.1) is 39.0 Å². The molecule has 0 aliphatic carbocycles. The van der Waals surface area contributed by atoms with Crippen LogP contribution in [-0.4, -0.2) is 9.85 Å². The molecular formula is C14H12N4O5. The number of rotatable bonds is 5. The highest BCUT2D eigenvalue weighted by atomic mass is 16.6. The molecule has 0 heterocycles. The van der Waals surface area contributed by atoms with Gasteiger partial charge >= 0.3 is 0 Å². The third-order valence-corrected chi connectivity index (χ3v) is 3.19. The Morgan fingerprint density at radius 1 is 0.870 bits per heavy atom. The first-order valence-corrected chi connectivity index (χ1v) is 6.48. The first-order valence-electron chi connectivity index (χ1n) is 6.48. The quantitative estimate of drug-likeness (QED) is 0.468. The fourth-order valence-corrected chi connectivity index (χ4v) is 2.14. The van der Waals surface area contributed by atoms with E-state index in [0.29, 0.717) is 16.1 Å². The molecule has 0 saturated carbocycles. The molecule has 0 fully saturated rings. The van der Waals surface area contributed by atoms with E-state index in [1.807, 2.05) is 0 Å². The van der Waals surface area contributed by atoms with E-state index in [2.05, 4.69) is 5.29 Å². The Balaban J connectivity index is 2.69. The molecule has 2 aromatic rings. The molecule has 0 spiro atoms. The van der Waals surface area contributed by atoms with Crippen molar-refractivity contribution in [3.63, 3.8) is 0 Å². The topological polar surface area (TPSA) is 119 Å². The van der Waals surface area contributed by atoms with Crippen LogP contribution in [-0.2, 0) is 0 Å². The van der Waals surface area contributed by atoms with Crippen molar-refractivity contribution in [2.75, 3.05) is 5.01 Å². The van der Waals surface area contributed by atoms with Gasteiger partial charge in [-0.1, -0.05) is 12.1 Å². The number of anilines is 2. The van der Waals surface area contributed by atoms with Gasteiger partial charge in [0.1, 0.15) is 11.4 Å². The number of aryl methyl sites for hydroxylation is 2. The number of hydrogen-bond acceptors (Lipinski definition) is 6. The van der Waals surface area contributed by atoms with Crippen LogP contribution in [0.5, 0.6) is 0 Å². The number of nitro benzene ring substituents is 2. The number of nitroso groups, excluding NO2 is 1. The number of nitrogens with zero attached hydrogens (tertiary/aromatic N) is 4. The SMILES string of the molecule is Cc1ccc(N(N=O)c2ccc(C)cc2[N+](=O)[O-])c([N+](=O)[O-])c1. The van der Waals surface area contributed by atoms with E-state index in [1.54, 1.807) is 26.0 Å². The molecule has 0 saturated heterocycles. The number of benzene rings is 2. The summed E-state index contributed by atoms with van der Waals surface area (Å²) in [5, 5.41) is 25.8. The average molecular weight is 316 g/mol. The molecule has 0 N–H and O–H groups in total. The van der Waals surface area contributed by atoms with Gasteiger partial charge in [0.05, 0.1) is 15.1 Å². The molecule has 9 nitrogen and oxygen atoms in total. The average Bonchev–Trinajstić information content (AvgIpc) is 2.50. The smallest absolute Gasteiger partial charge is 0.258 e. The van der Waals surface area contributed by atoms with Gasteiger partial charge in [-0.05, 0) is 37.1 Å². The standard InChI is InChI=1S/C14H12N4O5/c1-9-3-5-11(13(7-9)17(20)21)16(15-19)12-6-4-10(2)8-14(12)18(22)23/h3-8H,1-2H3. The Bertz CT molecular complexity index is 742. The highest BCUT2D eigenvalue weighted by Gasteiger charge is 2.27. The van der Waals surface area contributed by atoms with Crippen LogP contribution in [0.15, 0.2) is 41.7 Å². The van der Waals surface area contributed by atoms with Gasteiger partial charge in [0.15, 0.2) is 0 Å². The number of nitro groups is 2. The summed E-state index contributed by atoms with van der Waals surface area (Å²) in [6, 6.07) is 8.32. The second-order valence-corrected chi connectivity index (χ2v) is 4.89. The van der Waals surface area contributed by atoms with E-state index < -0.39 is 9.85 Å². The summed E-state index contributed by atoms with van der Waals surface area (Å²) in [5.41, 5.74) is 0.235. The van der Waals surface area contributed by atoms with Crippen LogP contribution in [0.4, 0.5) is 22.7 Å². The molecule has 2 aromatic carbocycles. The van der Waals surface area contributed by atoms with E-state index in [4.69, 9.17) is 0 Å². The van der Waals surface area contributed by atoms with Gasteiger partial charge in [0.2, 0.25) is 0 Å². The van der Waals surface area contributed by atoms with Crippen molar-refractivity contribution >= 4 is 22.7 Å². The molecule has 118 valence electrons. The summed E-state index contributed by atoms with van der Waals surface area (Å²) in [6.45, 7) is 3.31. The largest absolute Gasteiger partial charge is 0.295 e. The summed E-state index contributed by atoms with van der Waals surface area (Å²) in [6.07, 6.45) is 0. The third kappa shape index (κ3) is 3.12. The normalized spacial score (nSPS) is 10.2. The van der Waals surface area contributed by atoms with Crippen molar-refractivity contribution < 1.29 is 9.85 Å². The van der Waals surface area contributed by atoms with Crippen molar-refractivity contribution in [2.45, 2.75) is 13.8 Å². The van der Waals surface area contributed by atoms with E-state index in [1.165, 1.54) is 24.3 Å². The van der Waals surface area contributed by atoms with E-state index >= 15 is 0 Å². The Hall–Kier alpha value is -3.36. The lowest BCUT2D eigenvalue weighted by Crippen LogP contribution is -2.12. The first kappa shape index (κ1) is 16.0. The van der Waals surface area contributed by atoms with E-state index in [0.717, 1.165) is 0 Å². The van der Waals surface area contributed by atoms with Crippen molar-refractivity contribution in [1.29, 1.82) is 0 Å².